The smallest absolute Gasteiger partial charge is 0.163 e. The van der Waals surface area contributed by atoms with Gasteiger partial charge in [0.2, 0.25) is 0 Å². The summed E-state index contributed by atoms with van der Waals surface area (Å²) in [6, 6.07) is 5.95. The van der Waals surface area contributed by atoms with Crippen LogP contribution in [0, 0.1) is 6.92 Å². The van der Waals surface area contributed by atoms with E-state index in [9.17, 15) is 0 Å². The Bertz CT molecular complexity index is 615. The number of pyridine rings is 1. The number of anilines is 1. The predicted octanol–water partition coefficient (Wildman–Crippen LogP) is 2.85. The molecule has 1 aliphatic heterocycles. The quantitative estimate of drug-likeness (QED) is 0.868. The van der Waals surface area contributed by atoms with Gasteiger partial charge in [-0.15, -0.1) is 0 Å². The Kier molecular flexibility index (Phi) is 4.63. The molecule has 116 valence electrons. The lowest BCUT2D eigenvalue weighted by atomic mass is 10.1. The molecule has 1 saturated heterocycles. The highest BCUT2D eigenvalue weighted by Crippen LogP contribution is 2.23. The molecule has 2 aromatic rings. The molecular weight excluding hydrogens is 276 g/mol. The van der Waals surface area contributed by atoms with E-state index in [1.54, 1.807) is 12.4 Å². The summed E-state index contributed by atoms with van der Waals surface area (Å²) in [5, 5.41) is 0. The molecule has 0 N–H and O–H groups in total. The monoisotopic (exact) mass is 298 g/mol. The van der Waals surface area contributed by atoms with E-state index in [2.05, 4.69) is 14.9 Å². The highest BCUT2D eigenvalue weighted by molar-refractivity contribution is 5.56. The number of rotatable bonds is 4. The van der Waals surface area contributed by atoms with E-state index in [4.69, 9.17) is 9.72 Å². The van der Waals surface area contributed by atoms with Gasteiger partial charge in [-0.2, -0.15) is 0 Å². The lowest BCUT2D eigenvalue weighted by Crippen LogP contribution is -2.40. The molecule has 3 heterocycles. The third-order valence-electron chi connectivity index (χ3n) is 3.86. The SMILES string of the molecule is CCOC1CCCN(c2cc(C)nc(-c3cccnc3)n2)C1. The Labute approximate surface area is 131 Å². The zero-order valence-electron chi connectivity index (χ0n) is 13.2. The van der Waals surface area contributed by atoms with Crippen LogP contribution in [0.15, 0.2) is 30.6 Å². The van der Waals surface area contributed by atoms with E-state index in [-0.39, 0.29) is 0 Å². The van der Waals surface area contributed by atoms with Gasteiger partial charge in [0.1, 0.15) is 5.82 Å². The summed E-state index contributed by atoms with van der Waals surface area (Å²) < 4.78 is 5.78. The molecule has 0 radical (unpaired) electrons. The average molecular weight is 298 g/mol. The first kappa shape index (κ1) is 14.9. The fourth-order valence-electron chi connectivity index (χ4n) is 2.86. The molecule has 0 aliphatic carbocycles. The number of ether oxygens (including phenoxy) is 1. The fourth-order valence-corrected chi connectivity index (χ4v) is 2.86. The third-order valence-corrected chi connectivity index (χ3v) is 3.86. The summed E-state index contributed by atoms with van der Waals surface area (Å²) in [6.45, 7) is 6.74. The lowest BCUT2D eigenvalue weighted by Gasteiger charge is -2.33. The Balaban J connectivity index is 1.86. The first-order chi connectivity index (χ1) is 10.8. The van der Waals surface area contributed by atoms with Crippen molar-refractivity contribution in [3.8, 4) is 11.4 Å². The second-order valence-corrected chi connectivity index (χ2v) is 5.60. The van der Waals surface area contributed by atoms with Crippen LogP contribution in [-0.4, -0.2) is 40.8 Å². The van der Waals surface area contributed by atoms with Gasteiger partial charge in [0, 0.05) is 49.4 Å². The number of hydrogen-bond donors (Lipinski definition) is 0. The Morgan fingerprint density at radius 2 is 2.27 bits per heavy atom. The minimum atomic E-state index is 0.302. The van der Waals surface area contributed by atoms with Crippen molar-refractivity contribution in [3.05, 3.63) is 36.3 Å². The van der Waals surface area contributed by atoms with E-state index >= 15 is 0 Å². The highest BCUT2D eigenvalue weighted by Gasteiger charge is 2.21. The summed E-state index contributed by atoms with van der Waals surface area (Å²) in [5.41, 5.74) is 1.92. The first-order valence-electron chi connectivity index (χ1n) is 7.89. The maximum absolute atomic E-state index is 5.78. The molecule has 0 bridgehead atoms. The van der Waals surface area contributed by atoms with Crippen LogP contribution in [0.1, 0.15) is 25.5 Å². The van der Waals surface area contributed by atoms with E-state index in [1.165, 1.54) is 0 Å². The Morgan fingerprint density at radius 3 is 3.05 bits per heavy atom. The molecule has 3 rings (SSSR count). The third kappa shape index (κ3) is 3.42. The van der Waals surface area contributed by atoms with Gasteiger partial charge in [0.25, 0.3) is 0 Å². The molecule has 5 heteroatoms. The fraction of sp³-hybridized carbons (Fsp3) is 0.471. The van der Waals surface area contributed by atoms with Crippen molar-refractivity contribution in [3.63, 3.8) is 0 Å². The van der Waals surface area contributed by atoms with Crippen LogP contribution < -0.4 is 4.90 Å². The summed E-state index contributed by atoms with van der Waals surface area (Å²) in [5.74, 6) is 1.72. The average Bonchev–Trinajstić information content (AvgIpc) is 2.56. The van der Waals surface area contributed by atoms with E-state index in [1.807, 2.05) is 32.0 Å². The standard InChI is InChI=1S/C17H22N4O/c1-3-22-15-7-5-9-21(12-15)16-10-13(2)19-17(20-16)14-6-4-8-18-11-14/h4,6,8,10-11,15H,3,5,7,9,12H2,1-2H3. The van der Waals surface area contributed by atoms with E-state index in [0.717, 1.165) is 55.4 Å². The van der Waals surface area contributed by atoms with Crippen molar-refractivity contribution in [2.45, 2.75) is 32.8 Å². The number of aromatic nitrogens is 3. The van der Waals surface area contributed by atoms with Crippen molar-refractivity contribution in [1.29, 1.82) is 0 Å². The molecule has 22 heavy (non-hydrogen) atoms. The van der Waals surface area contributed by atoms with Gasteiger partial charge in [-0.25, -0.2) is 9.97 Å². The summed E-state index contributed by atoms with van der Waals surface area (Å²) >= 11 is 0. The second-order valence-electron chi connectivity index (χ2n) is 5.60. The van der Waals surface area contributed by atoms with Crippen LogP contribution in [0.2, 0.25) is 0 Å². The number of nitrogens with zero attached hydrogens (tertiary/aromatic N) is 4. The zero-order valence-corrected chi connectivity index (χ0v) is 13.2. The van der Waals surface area contributed by atoms with Gasteiger partial charge < -0.3 is 9.64 Å². The van der Waals surface area contributed by atoms with Crippen molar-refractivity contribution >= 4 is 5.82 Å². The van der Waals surface area contributed by atoms with Crippen LogP contribution in [0.25, 0.3) is 11.4 Å². The molecule has 1 aliphatic rings. The van der Waals surface area contributed by atoms with Gasteiger partial charge in [-0.05, 0) is 38.8 Å². The minimum Gasteiger partial charge on any atom is -0.377 e. The number of aryl methyl sites for hydroxylation is 1. The minimum absolute atomic E-state index is 0.302. The van der Waals surface area contributed by atoms with Gasteiger partial charge >= 0.3 is 0 Å². The Hall–Kier alpha value is -2.01. The van der Waals surface area contributed by atoms with Crippen LogP contribution in [0.5, 0.6) is 0 Å². The summed E-state index contributed by atoms with van der Waals surface area (Å²) in [6.07, 6.45) is 6.13. The molecule has 0 aromatic carbocycles. The number of piperidine rings is 1. The van der Waals surface area contributed by atoms with E-state index in [0.29, 0.717) is 6.10 Å². The number of hydrogen-bond acceptors (Lipinski definition) is 5. The van der Waals surface area contributed by atoms with Gasteiger partial charge in [0.05, 0.1) is 6.10 Å². The lowest BCUT2D eigenvalue weighted by molar-refractivity contribution is 0.0525. The molecule has 1 atom stereocenters. The van der Waals surface area contributed by atoms with Crippen molar-refractivity contribution in [2.24, 2.45) is 0 Å². The molecule has 0 spiro atoms. The van der Waals surface area contributed by atoms with Gasteiger partial charge in [-0.3, -0.25) is 4.98 Å². The molecule has 0 amide bonds. The highest BCUT2D eigenvalue weighted by atomic mass is 16.5. The summed E-state index contributed by atoms with van der Waals surface area (Å²) in [7, 11) is 0. The molecule has 1 unspecified atom stereocenters. The summed E-state index contributed by atoms with van der Waals surface area (Å²) in [4.78, 5) is 15.7. The van der Waals surface area contributed by atoms with Crippen LogP contribution in [0.4, 0.5) is 5.82 Å². The zero-order chi connectivity index (χ0) is 15.4. The molecule has 1 fully saturated rings. The van der Waals surface area contributed by atoms with Crippen molar-refractivity contribution in [2.75, 3.05) is 24.6 Å². The van der Waals surface area contributed by atoms with Crippen LogP contribution >= 0.6 is 0 Å². The molecule has 2 aromatic heterocycles. The van der Waals surface area contributed by atoms with Crippen LogP contribution in [-0.2, 0) is 4.74 Å². The van der Waals surface area contributed by atoms with Gasteiger partial charge in [-0.1, -0.05) is 0 Å². The molecular formula is C17H22N4O. The Morgan fingerprint density at radius 1 is 1.36 bits per heavy atom. The topological polar surface area (TPSA) is 51.1 Å². The largest absolute Gasteiger partial charge is 0.377 e. The second kappa shape index (κ2) is 6.83. The van der Waals surface area contributed by atoms with Crippen LogP contribution in [0.3, 0.4) is 0 Å². The van der Waals surface area contributed by atoms with E-state index < -0.39 is 0 Å². The molecule has 0 saturated carbocycles. The first-order valence-corrected chi connectivity index (χ1v) is 7.89. The van der Waals surface area contributed by atoms with Crippen molar-refractivity contribution < 1.29 is 4.74 Å². The maximum atomic E-state index is 5.78. The maximum Gasteiger partial charge on any atom is 0.163 e. The predicted molar refractivity (Wildman–Crippen MR) is 86.9 cm³/mol. The van der Waals surface area contributed by atoms with Crippen molar-refractivity contribution in [1.82, 2.24) is 15.0 Å². The molecule has 5 nitrogen and oxygen atoms in total. The normalized spacial score (nSPS) is 18.5. The van der Waals surface area contributed by atoms with Gasteiger partial charge in [0.15, 0.2) is 5.82 Å².